The number of aliphatic hydroxyl groups is 1. The van der Waals surface area contributed by atoms with Gasteiger partial charge in [0.15, 0.2) is 0 Å². The summed E-state index contributed by atoms with van der Waals surface area (Å²) in [5.74, 6) is -0.721. The normalized spacial score (nSPS) is 24.8. The van der Waals surface area contributed by atoms with Gasteiger partial charge in [-0.05, 0) is 36.3 Å². The van der Waals surface area contributed by atoms with Crippen molar-refractivity contribution in [1.82, 2.24) is 0 Å². The molecule has 0 bridgehead atoms. The van der Waals surface area contributed by atoms with Crippen LogP contribution in [0.5, 0.6) is 0 Å². The van der Waals surface area contributed by atoms with E-state index in [9.17, 15) is 9.90 Å². The van der Waals surface area contributed by atoms with Gasteiger partial charge in [0, 0.05) is 0 Å². The predicted molar refractivity (Wildman–Crippen MR) is 61.7 cm³/mol. The molecule has 1 aromatic heterocycles. The Balaban J connectivity index is 2.19. The molecule has 2 rings (SSSR count). The van der Waals surface area contributed by atoms with E-state index in [4.69, 9.17) is 9.52 Å². The van der Waals surface area contributed by atoms with Crippen LogP contribution in [-0.4, -0.2) is 16.2 Å². The molecule has 4 nitrogen and oxygen atoms in total. The van der Waals surface area contributed by atoms with Crippen LogP contribution in [0.25, 0.3) is 0 Å². The number of hydrogen-bond acceptors (Lipinski definition) is 3. The summed E-state index contributed by atoms with van der Waals surface area (Å²) in [5.41, 5.74) is 0.0790. The van der Waals surface area contributed by atoms with Crippen molar-refractivity contribution >= 4 is 5.97 Å². The van der Waals surface area contributed by atoms with Crippen LogP contribution in [0.2, 0.25) is 0 Å². The van der Waals surface area contributed by atoms with Crippen LogP contribution in [0, 0.1) is 11.3 Å². The van der Waals surface area contributed by atoms with Gasteiger partial charge in [-0.3, -0.25) is 0 Å². The van der Waals surface area contributed by atoms with Crippen molar-refractivity contribution in [3.63, 3.8) is 0 Å². The second-order valence-electron chi connectivity index (χ2n) is 5.44. The second-order valence-corrected chi connectivity index (χ2v) is 5.44. The molecule has 17 heavy (non-hydrogen) atoms. The Morgan fingerprint density at radius 2 is 2.24 bits per heavy atom. The highest BCUT2D eigenvalue weighted by molar-refractivity contribution is 5.84. The quantitative estimate of drug-likeness (QED) is 0.849. The lowest BCUT2D eigenvalue weighted by Gasteiger charge is -2.30. The summed E-state index contributed by atoms with van der Waals surface area (Å²) >= 11 is 0. The lowest BCUT2D eigenvalue weighted by atomic mass is 9.78. The number of aliphatic hydroxyl groups excluding tert-OH is 1. The molecule has 1 saturated carbocycles. The molecule has 94 valence electrons. The summed E-state index contributed by atoms with van der Waals surface area (Å²) in [6, 6.07) is 2.95. The molecule has 0 aliphatic heterocycles. The van der Waals surface area contributed by atoms with E-state index in [-0.39, 0.29) is 17.1 Å². The third kappa shape index (κ3) is 2.22. The third-order valence-electron chi connectivity index (χ3n) is 3.85. The minimum atomic E-state index is -1.10. The number of carbonyl (C=O) groups is 1. The monoisotopic (exact) mass is 238 g/mol. The molecule has 0 radical (unpaired) electrons. The molecule has 1 fully saturated rings. The summed E-state index contributed by atoms with van der Waals surface area (Å²) in [4.78, 5) is 10.7. The largest absolute Gasteiger partial charge is 0.475 e. The van der Waals surface area contributed by atoms with Crippen LogP contribution in [0.1, 0.15) is 55.5 Å². The maximum atomic E-state index is 10.7. The molecule has 0 aromatic carbocycles. The predicted octanol–water partition coefficient (Wildman–Crippen LogP) is 2.84. The SMILES string of the molecule is CC1(C)CCCC1C(O)c1ccc(C(=O)O)o1. The smallest absolute Gasteiger partial charge is 0.371 e. The van der Waals surface area contributed by atoms with Crippen molar-refractivity contribution < 1.29 is 19.4 Å². The molecule has 2 unspecified atom stereocenters. The molecule has 0 saturated heterocycles. The van der Waals surface area contributed by atoms with Crippen LogP contribution in [-0.2, 0) is 0 Å². The van der Waals surface area contributed by atoms with Gasteiger partial charge in [-0.15, -0.1) is 0 Å². The molecule has 0 amide bonds. The minimum absolute atomic E-state index is 0.0790. The van der Waals surface area contributed by atoms with E-state index in [2.05, 4.69) is 13.8 Å². The molecule has 0 spiro atoms. The topological polar surface area (TPSA) is 70.7 Å². The third-order valence-corrected chi connectivity index (χ3v) is 3.85. The Hall–Kier alpha value is -1.29. The average Bonchev–Trinajstić information content (AvgIpc) is 2.82. The standard InChI is InChI=1S/C13H18O4/c1-13(2)7-3-4-8(13)11(14)9-5-6-10(17-9)12(15)16/h5-6,8,11,14H,3-4,7H2,1-2H3,(H,15,16). The van der Waals surface area contributed by atoms with Crippen molar-refractivity contribution in [3.8, 4) is 0 Å². The van der Waals surface area contributed by atoms with Gasteiger partial charge in [0.05, 0.1) is 0 Å². The van der Waals surface area contributed by atoms with Gasteiger partial charge in [-0.25, -0.2) is 4.79 Å². The summed E-state index contributed by atoms with van der Waals surface area (Å²) in [6.45, 7) is 4.27. The number of aromatic carboxylic acids is 1. The Morgan fingerprint density at radius 3 is 2.71 bits per heavy atom. The maximum Gasteiger partial charge on any atom is 0.371 e. The summed E-state index contributed by atoms with van der Waals surface area (Å²) in [6.07, 6.45) is 2.43. The fourth-order valence-corrected chi connectivity index (χ4v) is 2.76. The first-order valence-electron chi connectivity index (χ1n) is 5.93. The lowest BCUT2D eigenvalue weighted by Crippen LogP contribution is -2.23. The van der Waals surface area contributed by atoms with Crippen LogP contribution < -0.4 is 0 Å². The van der Waals surface area contributed by atoms with E-state index < -0.39 is 12.1 Å². The number of hydrogen-bond donors (Lipinski definition) is 2. The highest BCUT2D eigenvalue weighted by Gasteiger charge is 2.40. The van der Waals surface area contributed by atoms with Gasteiger partial charge in [-0.1, -0.05) is 20.3 Å². The number of carboxylic acids is 1. The van der Waals surface area contributed by atoms with Gasteiger partial charge in [0.2, 0.25) is 5.76 Å². The Morgan fingerprint density at radius 1 is 1.53 bits per heavy atom. The molecule has 1 heterocycles. The van der Waals surface area contributed by atoms with Crippen LogP contribution in [0.15, 0.2) is 16.5 Å². The molecule has 1 aliphatic rings. The Kier molecular flexibility index (Phi) is 3.00. The van der Waals surface area contributed by atoms with E-state index in [1.807, 2.05) is 0 Å². The lowest BCUT2D eigenvalue weighted by molar-refractivity contribution is 0.0345. The summed E-state index contributed by atoms with van der Waals surface area (Å²) in [7, 11) is 0. The first kappa shape index (κ1) is 12.2. The second kappa shape index (κ2) is 4.18. The number of furan rings is 1. The number of rotatable bonds is 3. The molecular weight excluding hydrogens is 220 g/mol. The summed E-state index contributed by atoms with van der Waals surface area (Å²) < 4.78 is 5.16. The van der Waals surface area contributed by atoms with Gasteiger partial charge in [-0.2, -0.15) is 0 Å². The van der Waals surface area contributed by atoms with E-state index in [1.54, 1.807) is 6.07 Å². The first-order valence-corrected chi connectivity index (χ1v) is 5.93. The van der Waals surface area contributed by atoms with E-state index in [1.165, 1.54) is 6.07 Å². The first-order chi connectivity index (χ1) is 7.92. The Labute approximate surface area is 100 Å². The zero-order valence-corrected chi connectivity index (χ0v) is 10.1. The van der Waals surface area contributed by atoms with E-state index in [0.29, 0.717) is 5.76 Å². The van der Waals surface area contributed by atoms with Gasteiger partial charge in [0.25, 0.3) is 0 Å². The molecule has 2 N–H and O–H groups in total. The van der Waals surface area contributed by atoms with Crippen LogP contribution in [0.3, 0.4) is 0 Å². The van der Waals surface area contributed by atoms with Crippen molar-refractivity contribution in [2.75, 3.05) is 0 Å². The zero-order chi connectivity index (χ0) is 12.6. The molecule has 4 heteroatoms. The number of carboxylic acid groups (broad SMARTS) is 1. The highest BCUT2D eigenvalue weighted by Crippen LogP contribution is 2.48. The maximum absolute atomic E-state index is 10.7. The van der Waals surface area contributed by atoms with Crippen molar-refractivity contribution in [3.05, 3.63) is 23.7 Å². The molecule has 1 aromatic rings. The van der Waals surface area contributed by atoms with E-state index >= 15 is 0 Å². The zero-order valence-electron chi connectivity index (χ0n) is 10.1. The van der Waals surface area contributed by atoms with Gasteiger partial charge >= 0.3 is 5.97 Å². The fraction of sp³-hybridized carbons (Fsp3) is 0.615. The van der Waals surface area contributed by atoms with Gasteiger partial charge < -0.3 is 14.6 Å². The Bertz CT molecular complexity index is 419. The minimum Gasteiger partial charge on any atom is -0.475 e. The van der Waals surface area contributed by atoms with E-state index in [0.717, 1.165) is 19.3 Å². The van der Waals surface area contributed by atoms with Crippen molar-refractivity contribution in [2.45, 2.75) is 39.2 Å². The van der Waals surface area contributed by atoms with Crippen molar-refractivity contribution in [2.24, 2.45) is 11.3 Å². The van der Waals surface area contributed by atoms with Gasteiger partial charge in [0.1, 0.15) is 11.9 Å². The highest BCUT2D eigenvalue weighted by atomic mass is 16.4. The van der Waals surface area contributed by atoms with Crippen molar-refractivity contribution in [1.29, 1.82) is 0 Å². The molecule has 2 atom stereocenters. The van der Waals surface area contributed by atoms with Crippen LogP contribution in [0.4, 0.5) is 0 Å². The average molecular weight is 238 g/mol. The molecule has 1 aliphatic carbocycles. The summed E-state index contributed by atoms with van der Waals surface area (Å²) in [5, 5.41) is 19.0. The van der Waals surface area contributed by atoms with Crippen LogP contribution >= 0.6 is 0 Å². The molecular formula is C13H18O4. The fourth-order valence-electron chi connectivity index (χ4n) is 2.76.